The van der Waals surface area contributed by atoms with E-state index in [9.17, 15) is 9.59 Å². The van der Waals surface area contributed by atoms with Crippen molar-refractivity contribution in [3.05, 3.63) is 71.8 Å². The van der Waals surface area contributed by atoms with Crippen LogP contribution in [-0.2, 0) is 22.4 Å². The Morgan fingerprint density at radius 3 is 2.63 bits per heavy atom. The lowest BCUT2D eigenvalue weighted by atomic mass is 9.83. The van der Waals surface area contributed by atoms with Gasteiger partial charge >= 0.3 is 0 Å². The van der Waals surface area contributed by atoms with Crippen molar-refractivity contribution >= 4 is 22.6 Å². The third-order valence-corrected chi connectivity index (χ3v) is 7.39. The molecule has 2 aliphatic rings. The number of fused-ring (bicyclic) bond motifs is 2. The van der Waals surface area contributed by atoms with Crippen molar-refractivity contribution in [1.29, 1.82) is 0 Å². The van der Waals surface area contributed by atoms with E-state index in [1.165, 1.54) is 5.56 Å². The lowest BCUT2D eigenvalue weighted by molar-refractivity contribution is -0.131. The smallest absolute Gasteiger partial charge is 0.222 e. The number of carbonyl (C=O) groups excluding carboxylic acids is 2. The Morgan fingerprint density at radius 1 is 1.11 bits per heavy atom. The molecule has 1 N–H and O–H groups in total. The van der Waals surface area contributed by atoms with Crippen molar-refractivity contribution in [3.63, 3.8) is 0 Å². The molecule has 0 radical (unpaired) electrons. The van der Waals surface area contributed by atoms with Gasteiger partial charge in [0, 0.05) is 37.2 Å². The van der Waals surface area contributed by atoms with E-state index < -0.39 is 5.54 Å². The van der Waals surface area contributed by atoms with Crippen molar-refractivity contribution in [2.45, 2.75) is 50.2 Å². The lowest BCUT2D eigenvalue weighted by Gasteiger charge is -2.31. The van der Waals surface area contributed by atoms with Crippen LogP contribution in [0.15, 0.2) is 60.7 Å². The molecule has 2 heterocycles. The number of methoxy groups -OCH3 is 1. The fraction of sp³-hybridized carbons (Fsp3) is 0.379. The molecule has 3 aromatic carbocycles. The molecular formula is C29H32N2O4. The van der Waals surface area contributed by atoms with Gasteiger partial charge in [0.05, 0.1) is 13.7 Å². The molecule has 2 atom stereocenters. The minimum absolute atomic E-state index is 0.0212. The van der Waals surface area contributed by atoms with E-state index in [1.807, 2.05) is 43.4 Å². The molecule has 6 nitrogen and oxygen atoms in total. The van der Waals surface area contributed by atoms with Crippen LogP contribution in [0, 0.1) is 0 Å². The molecule has 6 heteroatoms. The zero-order valence-corrected chi connectivity index (χ0v) is 20.4. The third-order valence-electron chi connectivity index (χ3n) is 7.39. The third kappa shape index (κ3) is 4.83. The Labute approximate surface area is 206 Å². The van der Waals surface area contributed by atoms with Crippen LogP contribution in [0.1, 0.15) is 36.8 Å². The van der Waals surface area contributed by atoms with Crippen LogP contribution in [0.25, 0.3) is 10.8 Å². The van der Waals surface area contributed by atoms with Crippen molar-refractivity contribution in [2.24, 2.45) is 0 Å². The molecule has 0 bridgehead atoms. The number of para-hydroxylation sites is 1. The first-order chi connectivity index (χ1) is 17.0. The maximum atomic E-state index is 13.1. The van der Waals surface area contributed by atoms with Gasteiger partial charge in [0.2, 0.25) is 11.8 Å². The molecule has 182 valence electrons. The maximum absolute atomic E-state index is 13.1. The minimum atomic E-state index is -0.426. The number of benzene rings is 3. The normalized spacial score (nSPS) is 20.9. The number of likely N-dealkylation sites (N-methyl/N-ethyl adjacent to an activating group) is 1. The molecule has 3 aromatic rings. The standard InChI is InChI=1S/C29H32N2O4/c1-31(19-22-17-20-7-3-6-10-25(20)35-22)28(33)14-16-29(15-13-27(32)30-29)18-21-11-12-26(34-2)24-9-5-4-8-23(21)24/h3-12,22H,13-19H2,1-2H3,(H,30,32). The number of hydrogen-bond donors (Lipinski definition) is 1. The van der Waals surface area contributed by atoms with Crippen molar-refractivity contribution < 1.29 is 19.1 Å². The van der Waals surface area contributed by atoms with Crippen LogP contribution in [0.3, 0.4) is 0 Å². The molecule has 5 rings (SSSR count). The first kappa shape index (κ1) is 23.2. The number of ether oxygens (including phenoxy) is 2. The van der Waals surface area contributed by atoms with Crippen molar-refractivity contribution in [2.75, 3.05) is 20.7 Å². The molecule has 1 fully saturated rings. The number of rotatable bonds is 8. The van der Waals surface area contributed by atoms with E-state index in [1.54, 1.807) is 12.0 Å². The number of amides is 2. The molecule has 0 aromatic heterocycles. The van der Waals surface area contributed by atoms with Crippen LogP contribution in [-0.4, -0.2) is 49.1 Å². The van der Waals surface area contributed by atoms with Crippen LogP contribution >= 0.6 is 0 Å². The average molecular weight is 473 g/mol. The molecule has 2 unspecified atom stereocenters. The molecule has 0 spiro atoms. The summed E-state index contributed by atoms with van der Waals surface area (Å²) in [4.78, 5) is 27.1. The highest BCUT2D eigenvalue weighted by molar-refractivity contribution is 5.91. The summed E-state index contributed by atoms with van der Waals surface area (Å²) >= 11 is 0. The SMILES string of the molecule is COc1ccc(CC2(CCC(=O)N(C)CC3Cc4ccccc4O3)CCC(=O)N2)c2ccccc12. The topological polar surface area (TPSA) is 67.9 Å². The maximum Gasteiger partial charge on any atom is 0.222 e. The second-order valence-corrected chi connectivity index (χ2v) is 9.80. The van der Waals surface area contributed by atoms with E-state index in [4.69, 9.17) is 9.47 Å². The highest BCUT2D eigenvalue weighted by atomic mass is 16.5. The Kier molecular flexibility index (Phi) is 6.37. The Morgan fingerprint density at radius 2 is 1.89 bits per heavy atom. The predicted molar refractivity (Wildman–Crippen MR) is 136 cm³/mol. The Hall–Kier alpha value is -3.54. The van der Waals surface area contributed by atoms with Crippen LogP contribution < -0.4 is 14.8 Å². The fourth-order valence-corrected chi connectivity index (χ4v) is 5.51. The van der Waals surface area contributed by atoms with Gasteiger partial charge in [-0.15, -0.1) is 0 Å². The monoisotopic (exact) mass is 472 g/mol. The average Bonchev–Trinajstić information content (AvgIpc) is 3.45. The van der Waals surface area contributed by atoms with E-state index in [0.29, 0.717) is 32.2 Å². The highest BCUT2D eigenvalue weighted by Crippen LogP contribution is 2.35. The van der Waals surface area contributed by atoms with Crippen molar-refractivity contribution in [1.82, 2.24) is 10.2 Å². The first-order valence-corrected chi connectivity index (χ1v) is 12.3. The summed E-state index contributed by atoms with van der Waals surface area (Å²) in [6.45, 7) is 0.552. The van der Waals surface area contributed by atoms with Crippen LogP contribution in [0.4, 0.5) is 0 Å². The summed E-state index contributed by atoms with van der Waals surface area (Å²) in [7, 11) is 3.52. The van der Waals surface area contributed by atoms with Crippen LogP contribution in [0.5, 0.6) is 11.5 Å². The molecule has 1 saturated heterocycles. The molecule has 2 amide bonds. The van der Waals surface area contributed by atoms with E-state index in [-0.39, 0.29) is 17.9 Å². The van der Waals surface area contributed by atoms with Gasteiger partial charge in [-0.1, -0.05) is 48.5 Å². The molecule has 35 heavy (non-hydrogen) atoms. The summed E-state index contributed by atoms with van der Waals surface area (Å²) in [5.41, 5.74) is 1.92. The van der Waals surface area contributed by atoms with Gasteiger partial charge in [0.25, 0.3) is 0 Å². The first-order valence-electron chi connectivity index (χ1n) is 12.3. The molecule has 0 saturated carbocycles. The van der Waals surface area contributed by atoms with Gasteiger partial charge < -0.3 is 19.7 Å². The number of hydrogen-bond acceptors (Lipinski definition) is 4. The van der Waals surface area contributed by atoms with E-state index in [2.05, 4.69) is 29.6 Å². The molecular weight excluding hydrogens is 440 g/mol. The zero-order valence-electron chi connectivity index (χ0n) is 20.4. The van der Waals surface area contributed by atoms with Gasteiger partial charge in [-0.05, 0) is 47.9 Å². The number of nitrogens with one attached hydrogen (secondary N) is 1. The number of nitrogens with zero attached hydrogens (tertiary/aromatic N) is 1. The van der Waals surface area contributed by atoms with Gasteiger partial charge in [0.15, 0.2) is 0 Å². The zero-order chi connectivity index (χ0) is 24.4. The van der Waals surface area contributed by atoms with Gasteiger partial charge in [-0.3, -0.25) is 9.59 Å². The summed E-state index contributed by atoms with van der Waals surface area (Å²) in [5.74, 6) is 1.88. The largest absolute Gasteiger partial charge is 0.496 e. The Bertz CT molecular complexity index is 1230. The molecule has 2 aliphatic heterocycles. The highest BCUT2D eigenvalue weighted by Gasteiger charge is 2.38. The van der Waals surface area contributed by atoms with Crippen molar-refractivity contribution in [3.8, 4) is 11.5 Å². The second-order valence-electron chi connectivity index (χ2n) is 9.80. The lowest BCUT2D eigenvalue weighted by Crippen LogP contribution is -2.45. The minimum Gasteiger partial charge on any atom is -0.496 e. The summed E-state index contributed by atoms with van der Waals surface area (Å²) in [5, 5.41) is 5.40. The van der Waals surface area contributed by atoms with Gasteiger partial charge in [-0.2, -0.15) is 0 Å². The summed E-state index contributed by atoms with van der Waals surface area (Å²) < 4.78 is 11.6. The second kappa shape index (κ2) is 9.61. The number of carbonyl (C=O) groups is 2. The quantitative estimate of drug-likeness (QED) is 0.531. The van der Waals surface area contributed by atoms with E-state index in [0.717, 1.165) is 40.7 Å². The van der Waals surface area contributed by atoms with Crippen LogP contribution in [0.2, 0.25) is 0 Å². The predicted octanol–water partition coefficient (Wildman–Crippen LogP) is 4.28. The molecule has 0 aliphatic carbocycles. The summed E-state index contributed by atoms with van der Waals surface area (Å²) in [6, 6.07) is 20.3. The Balaban J connectivity index is 1.26. The van der Waals surface area contributed by atoms with Gasteiger partial charge in [-0.25, -0.2) is 0 Å². The fourth-order valence-electron chi connectivity index (χ4n) is 5.51. The van der Waals surface area contributed by atoms with Gasteiger partial charge in [0.1, 0.15) is 17.6 Å². The summed E-state index contributed by atoms with van der Waals surface area (Å²) in [6.07, 6.45) is 3.68. The van der Waals surface area contributed by atoms with E-state index >= 15 is 0 Å².